The molecule has 0 radical (unpaired) electrons. The van der Waals surface area contributed by atoms with E-state index in [1.165, 1.54) is 6.42 Å². The van der Waals surface area contributed by atoms with E-state index in [-0.39, 0.29) is 18.4 Å². The largest absolute Gasteiger partial charge is 0.477 e. The van der Waals surface area contributed by atoms with Crippen molar-refractivity contribution in [2.24, 2.45) is 0 Å². The SMILES string of the molecule is O=C(CN1C[C@H](C(=O)N2CCOCC2)Oc2ccccc21)Nc1ccc2c(c1)OC1(CCCCC1)O2. The molecule has 1 aliphatic carbocycles. The lowest BCUT2D eigenvalue weighted by Gasteiger charge is -2.38. The summed E-state index contributed by atoms with van der Waals surface area (Å²) in [6, 6.07) is 13.0. The van der Waals surface area contributed by atoms with Gasteiger partial charge in [0.15, 0.2) is 17.6 Å². The Bertz CT molecular complexity index is 1140. The van der Waals surface area contributed by atoms with Crippen molar-refractivity contribution in [3.8, 4) is 17.2 Å². The van der Waals surface area contributed by atoms with Crippen molar-refractivity contribution >= 4 is 23.2 Å². The van der Waals surface area contributed by atoms with Gasteiger partial charge in [0.2, 0.25) is 5.91 Å². The van der Waals surface area contributed by atoms with E-state index in [4.69, 9.17) is 18.9 Å². The average Bonchev–Trinajstić information content (AvgIpc) is 3.25. The number of amides is 2. The van der Waals surface area contributed by atoms with Crippen LogP contribution in [0.25, 0.3) is 0 Å². The first-order valence-corrected chi connectivity index (χ1v) is 12.8. The first-order valence-electron chi connectivity index (χ1n) is 12.8. The van der Waals surface area contributed by atoms with Crippen LogP contribution in [0.5, 0.6) is 17.2 Å². The summed E-state index contributed by atoms with van der Waals surface area (Å²) in [6.07, 6.45) is 4.47. The molecule has 1 saturated heterocycles. The van der Waals surface area contributed by atoms with Crippen LogP contribution in [0.4, 0.5) is 11.4 Å². The van der Waals surface area contributed by atoms with Crippen LogP contribution in [-0.2, 0) is 14.3 Å². The number of ether oxygens (including phenoxy) is 4. The Hall–Kier alpha value is -3.46. The highest BCUT2D eigenvalue weighted by Gasteiger charge is 2.42. The fourth-order valence-corrected chi connectivity index (χ4v) is 5.41. The number of nitrogens with one attached hydrogen (secondary N) is 1. The molecule has 1 N–H and O–H groups in total. The van der Waals surface area contributed by atoms with Crippen LogP contribution in [-0.4, -0.2) is 68.0 Å². The molecule has 1 atom stereocenters. The van der Waals surface area contributed by atoms with Crippen LogP contribution in [0.15, 0.2) is 42.5 Å². The predicted octanol–water partition coefficient (Wildman–Crippen LogP) is 3.18. The molecule has 9 heteroatoms. The monoisotopic (exact) mass is 493 g/mol. The van der Waals surface area contributed by atoms with Crippen molar-refractivity contribution in [1.29, 1.82) is 0 Å². The highest BCUT2D eigenvalue weighted by molar-refractivity contribution is 5.95. The van der Waals surface area contributed by atoms with Gasteiger partial charge in [0.1, 0.15) is 5.75 Å². The normalized spacial score (nSPS) is 22.1. The Labute approximate surface area is 210 Å². The first kappa shape index (κ1) is 23.0. The third-order valence-electron chi connectivity index (χ3n) is 7.23. The van der Waals surface area contributed by atoms with E-state index in [2.05, 4.69) is 5.32 Å². The molecule has 2 fully saturated rings. The number of para-hydroxylation sites is 2. The number of anilines is 2. The Kier molecular flexibility index (Phi) is 6.08. The van der Waals surface area contributed by atoms with Crippen molar-refractivity contribution in [3.05, 3.63) is 42.5 Å². The lowest BCUT2D eigenvalue weighted by molar-refractivity contribution is -0.142. The molecule has 0 unspecified atom stereocenters. The van der Waals surface area contributed by atoms with Gasteiger partial charge in [-0.15, -0.1) is 0 Å². The zero-order valence-electron chi connectivity index (χ0n) is 20.2. The molecule has 2 amide bonds. The number of carbonyl (C=O) groups is 2. The van der Waals surface area contributed by atoms with Gasteiger partial charge < -0.3 is 34.1 Å². The number of carbonyl (C=O) groups excluding carboxylic acids is 2. The fourth-order valence-electron chi connectivity index (χ4n) is 5.41. The minimum Gasteiger partial charge on any atom is -0.477 e. The molecule has 1 spiro atoms. The minimum atomic E-state index is -0.678. The molecule has 36 heavy (non-hydrogen) atoms. The van der Waals surface area contributed by atoms with Crippen LogP contribution in [0, 0.1) is 0 Å². The standard InChI is InChI=1S/C27H31N3O6/c31-25(28-19-8-9-22-23(16-19)36-27(35-22)10-4-1-5-11-27)18-30-17-24(26(32)29-12-14-33-15-13-29)34-21-7-3-2-6-20(21)30/h2-3,6-9,16,24H,1,4-5,10-15,17-18H2,(H,28,31)/t24-/m1/s1. The van der Waals surface area contributed by atoms with E-state index < -0.39 is 11.9 Å². The maximum Gasteiger partial charge on any atom is 0.265 e. The lowest BCUT2D eigenvalue weighted by Crippen LogP contribution is -2.53. The fraction of sp³-hybridized carbons (Fsp3) is 0.481. The number of benzene rings is 2. The number of hydrogen-bond acceptors (Lipinski definition) is 7. The topological polar surface area (TPSA) is 89.6 Å². The van der Waals surface area contributed by atoms with E-state index in [1.807, 2.05) is 47.4 Å². The minimum absolute atomic E-state index is 0.0781. The van der Waals surface area contributed by atoms with Crippen molar-refractivity contribution in [2.75, 3.05) is 49.6 Å². The lowest BCUT2D eigenvalue weighted by atomic mass is 9.94. The number of morpholine rings is 1. The van der Waals surface area contributed by atoms with Gasteiger partial charge in [-0.25, -0.2) is 0 Å². The van der Waals surface area contributed by atoms with Gasteiger partial charge in [0.25, 0.3) is 11.7 Å². The van der Waals surface area contributed by atoms with Crippen LogP contribution >= 0.6 is 0 Å². The van der Waals surface area contributed by atoms with Crippen molar-refractivity contribution in [1.82, 2.24) is 4.90 Å². The molecular formula is C27H31N3O6. The van der Waals surface area contributed by atoms with E-state index >= 15 is 0 Å². The third kappa shape index (κ3) is 4.55. The summed E-state index contributed by atoms with van der Waals surface area (Å²) in [5, 5.41) is 2.98. The zero-order valence-corrected chi connectivity index (χ0v) is 20.2. The van der Waals surface area contributed by atoms with Crippen molar-refractivity contribution in [3.63, 3.8) is 0 Å². The summed E-state index contributed by atoms with van der Waals surface area (Å²) in [7, 11) is 0. The summed E-state index contributed by atoms with van der Waals surface area (Å²) in [5.74, 6) is 1.18. The van der Waals surface area contributed by atoms with Crippen molar-refractivity contribution in [2.45, 2.75) is 44.0 Å². The quantitative estimate of drug-likeness (QED) is 0.700. The summed E-state index contributed by atoms with van der Waals surface area (Å²) in [5.41, 5.74) is 1.45. The van der Waals surface area contributed by atoms with E-state index in [0.29, 0.717) is 50.0 Å². The molecule has 6 rings (SSSR count). The van der Waals surface area contributed by atoms with Crippen molar-refractivity contribution < 1.29 is 28.5 Å². The number of hydrogen-bond donors (Lipinski definition) is 1. The predicted molar refractivity (Wildman–Crippen MR) is 133 cm³/mol. The second kappa shape index (κ2) is 9.54. The van der Waals surface area contributed by atoms with Gasteiger partial charge >= 0.3 is 0 Å². The van der Waals surface area contributed by atoms with Gasteiger partial charge in [-0.1, -0.05) is 18.6 Å². The molecule has 0 bridgehead atoms. The van der Waals surface area contributed by atoms with Crippen LogP contribution in [0.2, 0.25) is 0 Å². The summed E-state index contributed by atoms with van der Waals surface area (Å²) < 4.78 is 23.8. The Morgan fingerprint density at radius 2 is 1.72 bits per heavy atom. The third-order valence-corrected chi connectivity index (χ3v) is 7.23. The van der Waals surface area contributed by atoms with E-state index in [1.54, 1.807) is 4.90 Å². The number of fused-ring (bicyclic) bond motifs is 2. The summed E-state index contributed by atoms with van der Waals surface area (Å²) in [4.78, 5) is 29.9. The average molecular weight is 494 g/mol. The molecule has 0 aromatic heterocycles. The molecular weight excluding hydrogens is 462 g/mol. The van der Waals surface area contributed by atoms with E-state index in [0.717, 1.165) is 37.1 Å². The Morgan fingerprint density at radius 1 is 0.944 bits per heavy atom. The van der Waals surface area contributed by atoms with E-state index in [9.17, 15) is 9.59 Å². The zero-order chi connectivity index (χ0) is 24.5. The van der Waals surface area contributed by atoms with Gasteiger partial charge in [-0.3, -0.25) is 9.59 Å². The smallest absolute Gasteiger partial charge is 0.265 e. The number of rotatable bonds is 4. The molecule has 1 saturated carbocycles. The Balaban J connectivity index is 1.13. The molecule has 3 aliphatic heterocycles. The second-order valence-corrected chi connectivity index (χ2v) is 9.78. The molecule has 2 aromatic carbocycles. The van der Waals surface area contributed by atoms with Crippen LogP contribution in [0.3, 0.4) is 0 Å². The molecule has 4 aliphatic rings. The Morgan fingerprint density at radius 3 is 2.56 bits per heavy atom. The van der Waals surface area contributed by atoms with Gasteiger partial charge in [-0.2, -0.15) is 0 Å². The second-order valence-electron chi connectivity index (χ2n) is 9.78. The molecule has 3 heterocycles. The highest BCUT2D eigenvalue weighted by Crippen LogP contribution is 2.46. The van der Waals surface area contributed by atoms with Gasteiger partial charge in [0.05, 0.1) is 32.0 Å². The van der Waals surface area contributed by atoms with Gasteiger partial charge in [0, 0.05) is 37.7 Å². The summed E-state index contributed by atoms with van der Waals surface area (Å²) in [6.45, 7) is 2.53. The number of nitrogens with zero attached hydrogens (tertiary/aromatic N) is 2. The molecule has 9 nitrogen and oxygen atoms in total. The first-order chi connectivity index (χ1) is 17.6. The highest BCUT2D eigenvalue weighted by atomic mass is 16.7. The molecule has 190 valence electrons. The maximum atomic E-state index is 13.1. The van der Waals surface area contributed by atoms with Crippen LogP contribution < -0.4 is 24.4 Å². The summed E-state index contributed by atoms with van der Waals surface area (Å²) >= 11 is 0. The van der Waals surface area contributed by atoms with Gasteiger partial charge in [-0.05, 0) is 37.1 Å². The maximum absolute atomic E-state index is 13.1. The van der Waals surface area contributed by atoms with Crippen LogP contribution in [0.1, 0.15) is 32.1 Å². The molecule has 2 aromatic rings.